The third-order valence-corrected chi connectivity index (χ3v) is 14.9. The van der Waals surface area contributed by atoms with Gasteiger partial charge in [-0.2, -0.15) is 5.10 Å². The molecule has 5 aromatic heterocycles. The van der Waals surface area contributed by atoms with Crippen molar-refractivity contribution >= 4 is 49.9 Å². The molecule has 0 unspecified atom stereocenters. The van der Waals surface area contributed by atoms with Crippen LogP contribution in [0.2, 0.25) is 0 Å². The number of carbonyl (C=O) groups is 2. The number of aromatic carboxylic acids is 1. The topological polar surface area (TPSA) is 180 Å². The Hall–Kier alpha value is -9.71. The van der Waals surface area contributed by atoms with Gasteiger partial charge in [-0.05, 0) is 128 Å². The zero-order valence-electron chi connectivity index (χ0n) is 50.0. The van der Waals surface area contributed by atoms with Crippen LogP contribution >= 0.6 is 15.9 Å². The summed E-state index contributed by atoms with van der Waals surface area (Å²) >= 11 is 3.22. The Morgan fingerprint density at radius 3 is 1.52 bits per heavy atom. The van der Waals surface area contributed by atoms with E-state index >= 15 is 17.6 Å². The van der Waals surface area contributed by atoms with E-state index in [1.165, 1.54) is 43.5 Å². The molecule has 0 amide bonds. The third-order valence-electron chi connectivity index (χ3n) is 14.4. The predicted molar refractivity (Wildman–Crippen MR) is 332 cm³/mol. The Bertz CT molecular complexity index is 4510. The van der Waals surface area contributed by atoms with Crippen molar-refractivity contribution in [1.82, 2.24) is 38.9 Å². The number of rotatable bonds is 21. The van der Waals surface area contributed by atoms with Gasteiger partial charge in [-0.25, -0.2) is 55.9 Å². The van der Waals surface area contributed by atoms with Crippen molar-refractivity contribution in [3.63, 3.8) is 0 Å². The average molecular weight is 1310 g/mol. The quantitative estimate of drug-likeness (QED) is 0.0531. The standard InChI is InChI=1S/C34H31BrF3N3O4.C34H28F3N5O4/c1-34(2,3)45-33(42)20-9-11-29-30(15-20)41(12-13-43-4)31(39-29)16-22-14-27(38)24(18-26(22)37)28-6-5-7-32(40-28)44-19-21-8-10-23(35)17-25(21)36;1-41-18-24(17-38-41)20-6-7-22(26(35)12-20)19-46-33-5-3-4-29(40-33)25-16-27(36)23(13-28(25)37)15-32-39-30-9-8-21(34(43)44)14-31(30)42(32)10-11-45-2/h5-11,14-15,17-18H,12-13,16,19H2,1-4H3;3-9,12-14,16-18H,10-11,15,19H2,1-2H3,(H,43,44). The van der Waals surface area contributed by atoms with E-state index in [0.717, 1.165) is 29.8 Å². The number of esters is 1. The SMILES string of the molecule is COCCn1c(Cc2cc(F)c(-c3cccc(OCc4ccc(-c5cnn(C)c5)cc4F)n3)cc2F)nc2ccc(C(=O)O)cc21.COCCn1c(Cc2cc(F)c(-c3cccc(OCc4ccc(Br)cc4F)n3)cc2F)nc2ccc(C(=O)OC(C)(C)C)cc21. The fourth-order valence-electron chi connectivity index (χ4n) is 9.90. The van der Waals surface area contributed by atoms with E-state index in [-0.39, 0.29) is 77.0 Å². The summed E-state index contributed by atoms with van der Waals surface area (Å²) in [5.74, 6) is -4.00. The fraction of sp³-hybridized carbons (Fsp3) is 0.221. The smallest absolute Gasteiger partial charge is 0.338 e. The van der Waals surface area contributed by atoms with E-state index in [1.54, 1.807) is 129 Å². The van der Waals surface area contributed by atoms with Gasteiger partial charge in [0.15, 0.2) is 0 Å². The fourth-order valence-corrected chi connectivity index (χ4v) is 10.2. The minimum Gasteiger partial charge on any atom is -0.478 e. The maximum absolute atomic E-state index is 15.5. The van der Waals surface area contributed by atoms with Crippen LogP contribution in [-0.2, 0) is 60.4 Å². The summed E-state index contributed by atoms with van der Waals surface area (Å²) in [6.45, 7) is 6.51. The van der Waals surface area contributed by atoms with Crippen molar-refractivity contribution < 1.29 is 64.7 Å². The molecule has 0 spiro atoms. The number of fused-ring (bicyclic) bond motifs is 2. The van der Waals surface area contributed by atoms with Gasteiger partial charge in [0.05, 0.1) is 64.0 Å². The maximum atomic E-state index is 15.5. The van der Waals surface area contributed by atoms with E-state index < -0.39 is 52.4 Å². The molecule has 0 aliphatic heterocycles. The molecular formula is C68H59BrF6N8O8. The number of carboxylic acid groups (broad SMARTS) is 1. The van der Waals surface area contributed by atoms with Crippen molar-refractivity contribution in [1.29, 1.82) is 0 Å². The lowest BCUT2D eigenvalue weighted by Gasteiger charge is -2.19. The number of hydrogen-bond donors (Lipinski definition) is 1. The lowest BCUT2D eigenvalue weighted by molar-refractivity contribution is 0.00692. The molecule has 0 saturated heterocycles. The molecule has 0 radical (unpaired) electrons. The number of aromatic nitrogens is 8. The van der Waals surface area contributed by atoms with E-state index in [2.05, 4.69) is 41.0 Å². The first kappa shape index (κ1) is 64.3. The highest BCUT2D eigenvalue weighted by atomic mass is 79.9. The van der Waals surface area contributed by atoms with Gasteiger partial charge < -0.3 is 37.9 Å². The van der Waals surface area contributed by atoms with Crippen LogP contribution in [0.15, 0.2) is 150 Å². The van der Waals surface area contributed by atoms with Gasteiger partial charge in [0, 0.05) is 97.8 Å². The Labute approximate surface area is 526 Å². The van der Waals surface area contributed by atoms with Gasteiger partial charge in [-0.1, -0.05) is 46.3 Å². The van der Waals surface area contributed by atoms with Gasteiger partial charge >= 0.3 is 11.9 Å². The normalized spacial score (nSPS) is 11.5. The van der Waals surface area contributed by atoms with Crippen molar-refractivity contribution in [2.24, 2.45) is 7.05 Å². The van der Waals surface area contributed by atoms with Crippen LogP contribution in [0.5, 0.6) is 11.8 Å². The maximum Gasteiger partial charge on any atom is 0.338 e. The van der Waals surface area contributed by atoms with Gasteiger partial charge in [0.1, 0.15) is 65.4 Å². The summed E-state index contributed by atoms with van der Waals surface area (Å²) in [7, 11) is 4.87. The number of halogens is 7. The van der Waals surface area contributed by atoms with Gasteiger partial charge in [0.2, 0.25) is 11.8 Å². The number of methoxy groups -OCH3 is 2. The number of carbonyl (C=O) groups excluding carboxylic acids is 1. The van der Waals surface area contributed by atoms with E-state index in [0.29, 0.717) is 86.7 Å². The number of nitrogens with zero attached hydrogens (tertiary/aromatic N) is 8. The number of ether oxygens (including phenoxy) is 5. The van der Waals surface area contributed by atoms with Crippen molar-refractivity contribution in [2.45, 2.75) is 65.5 Å². The molecule has 0 atom stereocenters. The molecule has 5 heterocycles. The number of pyridine rings is 2. The number of aryl methyl sites for hydroxylation is 1. The average Bonchev–Trinajstić information content (AvgIpc) is 1.77. The van der Waals surface area contributed by atoms with Crippen LogP contribution in [0, 0.1) is 34.9 Å². The van der Waals surface area contributed by atoms with Crippen LogP contribution in [0.4, 0.5) is 26.3 Å². The summed E-state index contributed by atoms with van der Waals surface area (Å²) in [5.41, 5.74) is 4.51. The van der Waals surface area contributed by atoms with Crippen molar-refractivity contribution in [3.05, 3.63) is 230 Å². The third kappa shape index (κ3) is 15.5. The van der Waals surface area contributed by atoms with E-state index in [4.69, 9.17) is 23.7 Å². The van der Waals surface area contributed by atoms with E-state index in [1.807, 2.05) is 4.57 Å². The molecule has 91 heavy (non-hydrogen) atoms. The summed E-state index contributed by atoms with van der Waals surface area (Å²) in [6.07, 6.45) is 3.36. The molecule has 11 aromatic rings. The molecule has 11 rings (SSSR count). The molecule has 0 bridgehead atoms. The van der Waals surface area contributed by atoms with Crippen LogP contribution in [0.1, 0.15) is 75.4 Å². The Balaban J connectivity index is 0.000000200. The Morgan fingerprint density at radius 2 is 1.04 bits per heavy atom. The monoisotopic (exact) mass is 1310 g/mol. The second-order valence-electron chi connectivity index (χ2n) is 22.0. The second kappa shape index (κ2) is 28.0. The van der Waals surface area contributed by atoms with Crippen LogP contribution in [-0.4, -0.2) is 88.9 Å². The molecule has 16 nitrogen and oxygen atoms in total. The van der Waals surface area contributed by atoms with Crippen LogP contribution < -0.4 is 9.47 Å². The molecule has 1 N–H and O–H groups in total. The number of imidazole rings is 2. The minimum absolute atomic E-state index is 0.0153. The van der Waals surface area contributed by atoms with E-state index in [9.17, 15) is 23.5 Å². The highest BCUT2D eigenvalue weighted by molar-refractivity contribution is 9.10. The molecule has 0 fully saturated rings. The highest BCUT2D eigenvalue weighted by Crippen LogP contribution is 2.32. The second-order valence-corrected chi connectivity index (χ2v) is 22.9. The molecule has 6 aromatic carbocycles. The van der Waals surface area contributed by atoms with Gasteiger partial charge in [-0.3, -0.25) is 4.68 Å². The largest absolute Gasteiger partial charge is 0.478 e. The number of carboxylic acids is 1. The first-order valence-electron chi connectivity index (χ1n) is 28.4. The predicted octanol–water partition coefficient (Wildman–Crippen LogP) is 14.5. The van der Waals surface area contributed by atoms with Crippen molar-refractivity contribution in [2.75, 3.05) is 27.4 Å². The molecule has 23 heteroatoms. The molecular weight excluding hydrogens is 1250 g/mol. The summed E-state index contributed by atoms with van der Waals surface area (Å²) in [5, 5.41) is 13.5. The summed E-state index contributed by atoms with van der Waals surface area (Å²) in [4.78, 5) is 42.1. The van der Waals surface area contributed by atoms with Crippen LogP contribution in [0.25, 0.3) is 55.7 Å². The molecule has 0 saturated carbocycles. The molecule has 468 valence electrons. The minimum atomic E-state index is -1.09. The highest BCUT2D eigenvalue weighted by Gasteiger charge is 2.23. The molecule has 0 aliphatic rings. The summed E-state index contributed by atoms with van der Waals surface area (Å²) < 4.78 is 124. The first-order valence-corrected chi connectivity index (χ1v) is 29.2. The lowest BCUT2D eigenvalue weighted by Crippen LogP contribution is -2.23. The van der Waals surface area contributed by atoms with Gasteiger partial charge in [-0.15, -0.1) is 0 Å². The Morgan fingerprint density at radius 1 is 0.549 bits per heavy atom. The number of benzene rings is 6. The number of hydrogen-bond acceptors (Lipinski definition) is 12. The zero-order valence-corrected chi connectivity index (χ0v) is 51.6. The van der Waals surface area contributed by atoms with Crippen LogP contribution in [0.3, 0.4) is 0 Å². The Kier molecular flexibility index (Phi) is 19.8. The molecule has 0 aliphatic carbocycles. The zero-order chi connectivity index (χ0) is 64.7. The van der Waals surface area contributed by atoms with Crippen molar-refractivity contribution in [3.8, 4) is 45.4 Å². The van der Waals surface area contributed by atoms with Gasteiger partial charge in [0.25, 0.3) is 0 Å². The first-order chi connectivity index (χ1) is 43.6. The summed E-state index contributed by atoms with van der Waals surface area (Å²) in [6, 6.07) is 32.7. The lowest BCUT2D eigenvalue weighted by atomic mass is 10.0.